The molecule has 0 aliphatic rings. The summed E-state index contributed by atoms with van der Waals surface area (Å²) in [5.74, 6) is -0.699. The van der Waals surface area contributed by atoms with E-state index >= 15 is 0 Å². The third-order valence-corrected chi connectivity index (χ3v) is 2.99. The second kappa shape index (κ2) is 6.20. The molecule has 2 rings (SSSR count). The fourth-order valence-corrected chi connectivity index (χ4v) is 1.91. The number of para-hydroxylation sites is 1. The third-order valence-electron chi connectivity index (χ3n) is 2.69. The molecule has 5 nitrogen and oxygen atoms in total. The molecule has 0 spiro atoms. The molecule has 0 aromatic heterocycles. The average Bonchev–Trinajstić information content (AvgIpc) is 2.47. The number of nitrogens with zero attached hydrogens (tertiary/aromatic N) is 2. The van der Waals surface area contributed by atoms with Crippen LogP contribution >= 0.6 is 11.6 Å². The number of hydrogen-bond acceptors (Lipinski definition) is 4. The van der Waals surface area contributed by atoms with Gasteiger partial charge in [0.1, 0.15) is 12.4 Å². The van der Waals surface area contributed by atoms with Gasteiger partial charge in [-0.15, -0.1) is 0 Å². The SMILES string of the molecule is N#Cc1ccc(F)c(COc2c(Cl)cccc2[N+](=O)[O-])c1. The molecule has 0 aliphatic carbocycles. The maximum absolute atomic E-state index is 13.6. The fraction of sp³-hybridized carbons (Fsp3) is 0.0714. The zero-order valence-corrected chi connectivity index (χ0v) is 11.3. The largest absolute Gasteiger partial charge is 0.481 e. The average molecular weight is 307 g/mol. The van der Waals surface area contributed by atoms with Gasteiger partial charge >= 0.3 is 5.69 Å². The topological polar surface area (TPSA) is 76.2 Å². The molecular formula is C14H8ClFN2O3. The normalized spacial score (nSPS) is 9.95. The molecule has 0 radical (unpaired) electrons. The lowest BCUT2D eigenvalue weighted by molar-refractivity contribution is -0.385. The molecular weight excluding hydrogens is 299 g/mol. The van der Waals surface area contributed by atoms with Crippen molar-refractivity contribution < 1.29 is 14.1 Å². The van der Waals surface area contributed by atoms with E-state index in [4.69, 9.17) is 21.6 Å². The van der Waals surface area contributed by atoms with E-state index in [-0.39, 0.29) is 34.2 Å². The van der Waals surface area contributed by atoms with E-state index in [0.717, 1.165) is 6.07 Å². The molecule has 0 bridgehead atoms. The van der Waals surface area contributed by atoms with E-state index in [1.54, 1.807) is 0 Å². The molecule has 7 heteroatoms. The fourth-order valence-electron chi connectivity index (χ4n) is 1.69. The first-order valence-electron chi connectivity index (χ1n) is 5.77. The maximum Gasteiger partial charge on any atom is 0.312 e. The van der Waals surface area contributed by atoms with E-state index in [1.165, 1.54) is 30.3 Å². The van der Waals surface area contributed by atoms with Gasteiger partial charge in [-0.2, -0.15) is 5.26 Å². The number of benzene rings is 2. The summed E-state index contributed by atoms with van der Waals surface area (Å²) in [6.07, 6.45) is 0. The van der Waals surface area contributed by atoms with Gasteiger partial charge in [-0.05, 0) is 24.3 Å². The standard InChI is InChI=1S/C14H8ClFN2O3/c15-11-2-1-3-13(18(19)20)14(11)21-8-10-6-9(7-17)4-5-12(10)16/h1-6H,8H2. The summed E-state index contributed by atoms with van der Waals surface area (Å²) in [7, 11) is 0. The Morgan fingerprint density at radius 1 is 1.38 bits per heavy atom. The highest BCUT2D eigenvalue weighted by molar-refractivity contribution is 6.32. The Bertz CT molecular complexity index is 743. The highest BCUT2D eigenvalue weighted by Gasteiger charge is 2.18. The first kappa shape index (κ1) is 14.8. The van der Waals surface area contributed by atoms with Gasteiger partial charge < -0.3 is 4.74 Å². The number of nitro groups is 1. The smallest absolute Gasteiger partial charge is 0.312 e. The maximum atomic E-state index is 13.6. The van der Waals surface area contributed by atoms with Gasteiger partial charge in [-0.3, -0.25) is 10.1 Å². The van der Waals surface area contributed by atoms with Crippen LogP contribution in [-0.4, -0.2) is 4.92 Å². The molecule has 0 heterocycles. The minimum atomic E-state index is -0.636. The van der Waals surface area contributed by atoms with Crippen LogP contribution in [0.15, 0.2) is 36.4 Å². The van der Waals surface area contributed by atoms with Crippen molar-refractivity contribution in [1.29, 1.82) is 5.26 Å². The quantitative estimate of drug-likeness (QED) is 0.635. The number of ether oxygens (including phenoxy) is 1. The van der Waals surface area contributed by atoms with E-state index in [2.05, 4.69) is 0 Å². The molecule has 2 aromatic rings. The van der Waals surface area contributed by atoms with Crippen LogP contribution in [0.1, 0.15) is 11.1 Å². The van der Waals surface area contributed by atoms with Crippen LogP contribution in [0, 0.1) is 27.3 Å². The molecule has 0 aliphatic heterocycles. The van der Waals surface area contributed by atoms with Crippen LogP contribution in [-0.2, 0) is 6.61 Å². The molecule has 0 fully saturated rings. The van der Waals surface area contributed by atoms with Crippen LogP contribution < -0.4 is 4.74 Å². The Kier molecular flexibility index (Phi) is 4.36. The highest BCUT2D eigenvalue weighted by atomic mass is 35.5. The molecule has 0 saturated heterocycles. The van der Waals surface area contributed by atoms with Crippen LogP contribution in [0.4, 0.5) is 10.1 Å². The minimum Gasteiger partial charge on any atom is -0.481 e. The van der Waals surface area contributed by atoms with E-state index in [0.29, 0.717) is 0 Å². The van der Waals surface area contributed by atoms with Crippen molar-refractivity contribution in [3.05, 3.63) is 68.5 Å². The zero-order valence-electron chi connectivity index (χ0n) is 10.5. The van der Waals surface area contributed by atoms with Gasteiger partial charge in [0, 0.05) is 11.6 Å². The Morgan fingerprint density at radius 3 is 2.81 bits per heavy atom. The first-order valence-corrected chi connectivity index (χ1v) is 6.15. The van der Waals surface area contributed by atoms with Crippen LogP contribution in [0.3, 0.4) is 0 Å². The molecule has 0 saturated carbocycles. The second-order valence-corrected chi connectivity index (χ2v) is 4.46. The summed E-state index contributed by atoms with van der Waals surface area (Å²) in [5.41, 5.74) is 0.0753. The highest BCUT2D eigenvalue weighted by Crippen LogP contribution is 2.35. The van der Waals surface area contributed by atoms with E-state index < -0.39 is 10.7 Å². The van der Waals surface area contributed by atoms with Crippen molar-refractivity contribution in [3.8, 4) is 11.8 Å². The van der Waals surface area contributed by atoms with Crippen molar-refractivity contribution in [2.45, 2.75) is 6.61 Å². The molecule has 0 amide bonds. The van der Waals surface area contributed by atoms with Crippen molar-refractivity contribution in [3.63, 3.8) is 0 Å². The Labute approximate surface area is 124 Å². The van der Waals surface area contributed by atoms with Gasteiger partial charge in [0.15, 0.2) is 0 Å². The monoisotopic (exact) mass is 306 g/mol. The van der Waals surface area contributed by atoms with Gasteiger partial charge in [0.05, 0.1) is 21.6 Å². The predicted octanol–water partition coefficient (Wildman–Crippen LogP) is 3.84. The lowest BCUT2D eigenvalue weighted by Gasteiger charge is -2.09. The Morgan fingerprint density at radius 2 is 2.14 bits per heavy atom. The van der Waals surface area contributed by atoms with Crippen molar-refractivity contribution in [1.82, 2.24) is 0 Å². The lowest BCUT2D eigenvalue weighted by atomic mass is 10.1. The molecule has 106 valence electrons. The summed E-state index contributed by atoms with van der Waals surface area (Å²) in [6.45, 7) is -0.272. The van der Waals surface area contributed by atoms with E-state index in [1.807, 2.05) is 6.07 Å². The van der Waals surface area contributed by atoms with Gasteiger partial charge in [-0.25, -0.2) is 4.39 Å². The molecule has 0 atom stereocenters. The van der Waals surface area contributed by atoms with Gasteiger partial charge in [0.25, 0.3) is 0 Å². The summed E-state index contributed by atoms with van der Waals surface area (Å²) in [4.78, 5) is 10.3. The number of hydrogen-bond donors (Lipinski definition) is 0. The van der Waals surface area contributed by atoms with Crippen LogP contribution in [0.2, 0.25) is 5.02 Å². The van der Waals surface area contributed by atoms with E-state index in [9.17, 15) is 14.5 Å². The molecule has 21 heavy (non-hydrogen) atoms. The molecule has 2 aromatic carbocycles. The molecule has 0 unspecified atom stereocenters. The summed E-state index contributed by atoms with van der Waals surface area (Å²) < 4.78 is 18.9. The lowest BCUT2D eigenvalue weighted by Crippen LogP contribution is -2.02. The van der Waals surface area contributed by atoms with Crippen LogP contribution in [0.25, 0.3) is 0 Å². The summed E-state index contributed by atoms with van der Waals surface area (Å²) >= 11 is 5.86. The minimum absolute atomic E-state index is 0.0565. The number of rotatable bonds is 4. The van der Waals surface area contributed by atoms with Crippen molar-refractivity contribution >= 4 is 17.3 Å². The number of nitriles is 1. The summed E-state index contributed by atoms with van der Waals surface area (Å²) in [6, 6.07) is 9.76. The van der Waals surface area contributed by atoms with Crippen molar-refractivity contribution in [2.24, 2.45) is 0 Å². The molecule has 0 N–H and O–H groups in total. The third kappa shape index (κ3) is 3.27. The first-order chi connectivity index (χ1) is 10.0. The number of nitro benzene ring substituents is 1. The van der Waals surface area contributed by atoms with Gasteiger partial charge in [-0.1, -0.05) is 17.7 Å². The zero-order chi connectivity index (χ0) is 15.4. The Balaban J connectivity index is 2.29. The number of halogens is 2. The predicted molar refractivity (Wildman–Crippen MR) is 73.6 cm³/mol. The second-order valence-electron chi connectivity index (χ2n) is 4.05. The van der Waals surface area contributed by atoms with Crippen molar-refractivity contribution in [2.75, 3.05) is 0 Å². The Hall–Kier alpha value is -2.65. The van der Waals surface area contributed by atoms with Crippen LogP contribution in [0.5, 0.6) is 5.75 Å². The van der Waals surface area contributed by atoms with Gasteiger partial charge in [0.2, 0.25) is 5.75 Å². The summed E-state index contributed by atoms with van der Waals surface area (Å²) in [5, 5.41) is 19.7.